The summed E-state index contributed by atoms with van der Waals surface area (Å²) in [5, 5.41) is 9.96. The third-order valence-corrected chi connectivity index (χ3v) is 3.96. The fraction of sp³-hybridized carbons (Fsp3) is 0.786. The van der Waals surface area contributed by atoms with E-state index in [-0.39, 0.29) is 6.61 Å². The highest BCUT2D eigenvalue weighted by molar-refractivity contribution is 7.86. The summed E-state index contributed by atoms with van der Waals surface area (Å²) in [5.41, 5.74) is 0. The largest absolute Gasteiger partial charge is 0.463 e. The smallest absolute Gasteiger partial charge is 0.330 e. The Kier molecular flexibility index (Phi) is 5.68. The molecule has 2 saturated heterocycles. The molecule has 0 aromatic heterocycles. The van der Waals surface area contributed by atoms with Crippen LogP contribution in [0.1, 0.15) is 20.8 Å². The van der Waals surface area contributed by atoms with Crippen LogP contribution in [0.25, 0.3) is 0 Å². The van der Waals surface area contributed by atoms with Crippen LogP contribution in [0.3, 0.4) is 0 Å². The van der Waals surface area contributed by atoms with E-state index >= 15 is 0 Å². The van der Waals surface area contributed by atoms with Gasteiger partial charge in [0.25, 0.3) is 10.1 Å². The fourth-order valence-electron chi connectivity index (χ4n) is 2.63. The molecule has 10 heteroatoms. The van der Waals surface area contributed by atoms with E-state index in [0.29, 0.717) is 0 Å². The second kappa shape index (κ2) is 7.06. The number of aliphatic hydroxyl groups excluding tert-OH is 1. The van der Waals surface area contributed by atoms with Gasteiger partial charge >= 0.3 is 5.97 Å². The van der Waals surface area contributed by atoms with Crippen LogP contribution < -0.4 is 0 Å². The predicted molar refractivity (Wildman–Crippen MR) is 80.2 cm³/mol. The van der Waals surface area contributed by atoms with Gasteiger partial charge in [0.15, 0.2) is 12.1 Å². The molecule has 0 aromatic rings. The van der Waals surface area contributed by atoms with Crippen molar-refractivity contribution in [3.05, 3.63) is 12.2 Å². The maximum absolute atomic E-state index is 11.5. The van der Waals surface area contributed by atoms with Crippen molar-refractivity contribution in [1.29, 1.82) is 0 Å². The fourth-order valence-corrected chi connectivity index (χ4v) is 3.21. The van der Waals surface area contributed by atoms with Crippen LogP contribution in [0.2, 0.25) is 0 Å². The molecule has 0 amide bonds. The standard InChI is InChI=1S/C14H22O9S/c1-5-19-9(15)7-6-8(23-24(4,17)18)10-11-12(13(16)20-10)22-14(2,3)21-11/h6-8,10-13,16H,5H2,1-4H3/b7-6+/t8?,10-,11+,12+,13?/m1/s1. The minimum Gasteiger partial charge on any atom is -0.463 e. The first kappa shape index (κ1) is 19.3. The predicted octanol–water partition coefficient (Wildman–Crippen LogP) is -0.312. The number of esters is 1. The van der Waals surface area contributed by atoms with Gasteiger partial charge in [-0.05, 0) is 26.8 Å². The molecule has 2 rings (SSSR count). The molecule has 0 radical (unpaired) electrons. The van der Waals surface area contributed by atoms with Crippen molar-refractivity contribution >= 4 is 16.1 Å². The maximum Gasteiger partial charge on any atom is 0.330 e. The quantitative estimate of drug-likeness (QED) is 0.383. The van der Waals surface area contributed by atoms with Crippen LogP contribution in [-0.4, -0.2) is 68.8 Å². The zero-order valence-corrected chi connectivity index (χ0v) is 14.7. The molecule has 2 fully saturated rings. The number of carbonyl (C=O) groups excluding carboxylic acids is 1. The van der Waals surface area contributed by atoms with Gasteiger partial charge < -0.3 is 24.1 Å². The molecule has 0 aliphatic carbocycles. The van der Waals surface area contributed by atoms with Crippen molar-refractivity contribution in [2.24, 2.45) is 0 Å². The number of fused-ring (bicyclic) bond motifs is 1. The molecule has 0 aromatic carbocycles. The highest BCUT2D eigenvalue weighted by Crippen LogP contribution is 2.39. The van der Waals surface area contributed by atoms with Crippen LogP contribution in [-0.2, 0) is 38.0 Å². The highest BCUT2D eigenvalue weighted by atomic mass is 32.2. The normalized spacial score (nSPS) is 33.5. The molecular weight excluding hydrogens is 344 g/mol. The van der Waals surface area contributed by atoms with Crippen LogP contribution in [0.5, 0.6) is 0 Å². The Balaban J connectivity index is 2.21. The van der Waals surface area contributed by atoms with Crippen LogP contribution in [0.15, 0.2) is 12.2 Å². The SMILES string of the molecule is CCOC(=O)/C=C/C(OS(C)(=O)=O)[C@H]1OC(O)[C@H]2OC(C)(C)O[C@H]21. The number of hydrogen-bond acceptors (Lipinski definition) is 9. The minimum absolute atomic E-state index is 0.176. The molecular formula is C14H22O9S. The molecule has 2 aliphatic heterocycles. The molecule has 2 aliphatic rings. The second-order valence-corrected chi connectivity index (χ2v) is 7.53. The molecule has 1 N–H and O–H groups in total. The van der Waals surface area contributed by atoms with E-state index in [1.54, 1.807) is 20.8 Å². The molecule has 9 nitrogen and oxygen atoms in total. The Labute approximate surface area is 140 Å². The van der Waals surface area contributed by atoms with Gasteiger partial charge in [-0.25, -0.2) is 4.79 Å². The van der Waals surface area contributed by atoms with E-state index in [1.807, 2.05) is 0 Å². The highest BCUT2D eigenvalue weighted by Gasteiger charge is 2.57. The summed E-state index contributed by atoms with van der Waals surface area (Å²) in [6, 6.07) is 0. The van der Waals surface area contributed by atoms with E-state index in [4.69, 9.17) is 23.1 Å². The summed E-state index contributed by atoms with van der Waals surface area (Å²) in [5.74, 6) is -1.61. The summed E-state index contributed by atoms with van der Waals surface area (Å²) in [6.45, 7) is 5.14. The lowest BCUT2D eigenvalue weighted by Gasteiger charge is -2.26. The number of hydrogen-bond donors (Lipinski definition) is 1. The Hall–Kier alpha value is -1.04. The second-order valence-electron chi connectivity index (χ2n) is 5.93. The molecule has 0 saturated carbocycles. The third-order valence-electron chi connectivity index (χ3n) is 3.38. The topological polar surface area (TPSA) is 118 Å². The van der Waals surface area contributed by atoms with E-state index in [9.17, 15) is 18.3 Å². The summed E-state index contributed by atoms with van der Waals surface area (Å²) in [7, 11) is -3.86. The molecule has 5 atom stereocenters. The van der Waals surface area contributed by atoms with Crippen molar-refractivity contribution in [2.45, 2.75) is 57.3 Å². The average molecular weight is 366 g/mol. The number of ether oxygens (including phenoxy) is 4. The van der Waals surface area contributed by atoms with Gasteiger partial charge in [-0.1, -0.05) is 0 Å². The monoisotopic (exact) mass is 366 g/mol. The van der Waals surface area contributed by atoms with Crippen LogP contribution in [0, 0.1) is 0 Å². The average Bonchev–Trinajstić information content (AvgIpc) is 2.89. The van der Waals surface area contributed by atoms with E-state index < -0.39 is 52.6 Å². The first-order valence-electron chi connectivity index (χ1n) is 7.45. The number of aliphatic hydroxyl groups is 1. The van der Waals surface area contributed by atoms with Crippen molar-refractivity contribution in [3.8, 4) is 0 Å². The Morgan fingerprint density at radius 1 is 1.33 bits per heavy atom. The number of carbonyl (C=O) groups is 1. The Bertz CT molecular complexity index is 597. The van der Waals surface area contributed by atoms with E-state index in [1.165, 1.54) is 6.08 Å². The summed E-state index contributed by atoms with van der Waals surface area (Å²) < 4.78 is 49.3. The lowest BCUT2D eigenvalue weighted by Crippen LogP contribution is -2.40. The van der Waals surface area contributed by atoms with Gasteiger partial charge in [0.05, 0.1) is 12.9 Å². The molecule has 2 unspecified atom stereocenters. The lowest BCUT2D eigenvalue weighted by molar-refractivity contribution is -0.226. The van der Waals surface area contributed by atoms with Gasteiger partial charge in [0.1, 0.15) is 24.4 Å². The van der Waals surface area contributed by atoms with Gasteiger partial charge in [0, 0.05) is 6.08 Å². The van der Waals surface area contributed by atoms with Crippen molar-refractivity contribution in [2.75, 3.05) is 12.9 Å². The number of rotatable bonds is 6. The first-order chi connectivity index (χ1) is 11.0. The zero-order valence-electron chi connectivity index (χ0n) is 13.9. The van der Waals surface area contributed by atoms with Gasteiger partial charge in [-0.15, -0.1) is 0 Å². The van der Waals surface area contributed by atoms with Crippen molar-refractivity contribution < 1.29 is 41.4 Å². The van der Waals surface area contributed by atoms with E-state index in [2.05, 4.69) is 0 Å². The summed E-state index contributed by atoms with van der Waals surface area (Å²) in [6.07, 6.45) is -1.89. The zero-order chi connectivity index (χ0) is 18.1. The Morgan fingerprint density at radius 2 is 1.96 bits per heavy atom. The maximum atomic E-state index is 11.5. The molecule has 24 heavy (non-hydrogen) atoms. The third kappa shape index (κ3) is 4.74. The summed E-state index contributed by atoms with van der Waals surface area (Å²) in [4.78, 5) is 11.5. The van der Waals surface area contributed by atoms with Crippen molar-refractivity contribution in [3.63, 3.8) is 0 Å². The first-order valence-corrected chi connectivity index (χ1v) is 9.26. The lowest BCUT2D eigenvalue weighted by atomic mass is 10.1. The van der Waals surface area contributed by atoms with Gasteiger partial charge in [0.2, 0.25) is 0 Å². The van der Waals surface area contributed by atoms with Gasteiger partial charge in [-0.3, -0.25) is 4.18 Å². The van der Waals surface area contributed by atoms with Crippen LogP contribution in [0.4, 0.5) is 0 Å². The van der Waals surface area contributed by atoms with E-state index in [0.717, 1.165) is 12.3 Å². The molecule has 138 valence electrons. The Morgan fingerprint density at radius 3 is 2.54 bits per heavy atom. The minimum atomic E-state index is -3.86. The molecule has 0 bridgehead atoms. The van der Waals surface area contributed by atoms with Gasteiger partial charge in [-0.2, -0.15) is 8.42 Å². The molecule has 0 spiro atoms. The molecule has 2 heterocycles. The summed E-state index contributed by atoms with van der Waals surface area (Å²) >= 11 is 0. The van der Waals surface area contributed by atoms with Crippen molar-refractivity contribution in [1.82, 2.24) is 0 Å². The van der Waals surface area contributed by atoms with Crippen LogP contribution >= 0.6 is 0 Å².